The van der Waals surface area contributed by atoms with Gasteiger partial charge in [-0.25, -0.2) is 8.42 Å². The van der Waals surface area contributed by atoms with Crippen molar-refractivity contribution in [1.82, 2.24) is 14.5 Å². The largest absolute Gasteiger partial charge is 0.493 e. The minimum absolute atomic E-state index is 0.169. The number of anilines is 1. The van der Waals surface area contributed by atoms with Crippen LogP contribution >= 0.6 is 12.2 Å². The Bertz CT molecular complexity index is 1600. The van der Waals surface area contributed by atoms with E-state index in [1.54, 1.807) is 26.4 Å². The topological polar surface area (TPSA) is 136 Å². The molecule has 0 aliphatic carbocycles. The second-order valence-electron chi connectivity index (χ2n) is 12.2. The van der Waals surface area contributed by atoms with E-state index in [1.807, 2.05) is 36.4 Å². The van der Waals surface area contributed by atoms with E-state index in [2.05, 4.69) is 24.1 Å². The Morgan fingerprint density at radius 3 is 2.27 bits per heavy atom. The second kappa shape index (κ2) is 17.6. The normalized spacial score (nSPS) is 13.1. The van der Waals surface area contributed by atoms with E-state index in [-0.39, 0.29) is 18.3 Å². The van der Waals surface area contributed by atoms with Crippen LogP contribution in [0.2, 0.25) is 0 Å². The summed E-state index contributed by atoms with van der Waals surface area (Å²) in [5, 5.41) is 14.3. The summed E-state index contributed by atoms with van der Waals surface area (Å²) in [7, 11) is -0.612. The lowest BCUT2D eigenvalue weighted by Crippen LogP contribution is -2.43. The average molecular weight is 701 g/mol. The van der Waals surface area contributed by atoms with Crippen LogP contribution in [0.25, 0.3) is 0 Å². The van der Waals surface area contributed by atoms with Gasteiger partial charge in [0.2, 0.25) is 16.8 Å². The van der Waals surface area contributed by atoms with Gasteiger partial charge in [-0.15, -0.1) is 0 Å². The first-order valence-electron chi connectivity index (χ1n) is 16.2. The highest BCUT2D eigenvalue weighted by Gasteiger charge is 2.31. The molecule has 0 radical (unpaired) electrons. The van der Waals surface area contributed by atoms with Crippen LogP contribution in [0.5, 0.6) is 23.0 Å². The van der Waals surface area contributed by atoms with Gasteiger partial charge in [0.15, 0.2) is 28.1 Å². The van der Waals surface area contributed by atoms with Crippen LogP contribution in [0.1, 0.15) is 50.7 Å². The molecule has 48 heavy (non-hydrogen) atoms. The van der Waals surface area contributed by atoms with Crippen molar-refractivity contribution in [3.05, 3.63) is 71.8 Å². The van der Waals surface area contributed by atoms with Gasteiger partial charge in [0, 0.05) is 37.9 Å². The number of thiocarbonyl (C=S) groups is 1. The van der Waals surface area contributed by atoms with Crippen LogP contribution in [-0.4, -0.2) is 74.6 Å². The number of methoxy groups -OCH3 is 2. The number of rotatable bonds is 18. The van der Waals surface area contributed by atoms with Gasteiger partial charge < -0.3 is 40.0 Å². The summed E-state index contributed by atoms with van der Waals surface area (Å²) in [6.07, 6.45) is 2.60. The summed E-state index contributed by atoms with van der Waals surface area (Å²) in [4.78, 5) is 2.24. The molecule has 11 nitrogen and oxygen atoms in total. The van der Waals surface area contributed by atoms with E-state index in [1.165, 1.54) is 16.4 Å². The first-order valence-corrected chi connectivity index (χ1v) is 18.0. The minimum Gasteiger partial charge on any atom is -0.493 e. The molecule has 3 aromatic carbocycles. The molecule has 4 N–H and O–H groups in total. The highest BCUT2D eigenvalue weighted by molar-refractivity contribution is 7.89. The summed E-state index contributed by atoms with van der Waals surface area (Å²) < 4.78 is 50.8. The fourth-order valence-electron chi connectivity index (χ4n) is 5.46. The molecule has 0 saturated carbocycles. The van der Waals surface area contributed by atoms with Crippen LogP contribution in [0.15, 0.2) is 65.6 Å². The molecule has 0 bridgehead atoms. The first-order chi connectivity index (χ1) is 23.0. The molecule has 13 heteroatoms. The first kappa shape index (κ1) is 37.0. The smallest absolute Gasteiger partial charge is 0.243 e. The van der Waals surface area contributed by atoms with Gasteiger partial charge in [0.1, 0.15) is 0 Å². The third-order valence-electron chi connectivity index (χ3n) is 8.19. The maximum atomic E-state index is 13.7. The Morgan fingerprint density at radius 1 is 0.938 bits per heavy atom. The Morgan fingerprint density at radius 2 is 1.60 bits per heavy atom. The van der Waals surface area contributed by atoms with Crippen molar-refractivity contribution >= 4 is 33.0 Å². The second-order valence-corrected chi connectivity index (χ2v) is 14.4. The Hall–Kier alpha value is -3.78. The predicted molar refractivity (Wildman–Crippen MR) is 191 cm³/mol. The lowest BCUT2D eigenvalue weighted by Gasteiger charge is -2.30. The van der Waals surface area contributed by atoms with Crippen molar-refractivity contribution < 1.29 is 32.5 Å². The van der Waals surface area contributed by atoms with Gasteiger partial charge in [-0.3, -0.25) is 0 Å². The van der Waals surface area contributed by atoms with Crippen molar-refractivity contribution in [2.45, 2.75) is 63.6 Å². The predicted octanol–water partition coefficient (Wildman–Crippen LogP) is 5.16. The van der Waals surface area contributed by atoms with Crippen LogP contribution in [0.3, 0.4) is 0 Å². The summed E-state index contributed by atoms with van der Waals surface area (Å²) >= 11 is 5.89. The molecule has 1 aliphatic heterocycles. The molecule has 0 spiro atoms. The zero-order chi connectivity index (χ0) is 34.7. The SMILES string of the molecule is COc1ccc(CN(Cc2ccc3c(c2)OCO3)C(=S)NCCCC[C@@H](CO)N(CCC(C)C)S(=O)(=O)c2ccc(N)cc2)cc1OC. The maximum absolute atomic E-state index is 13.7. The fourth-order valence-corrected chi connectivity index (χ4v) is 7.35. The molecule has 0 saturated heterocycles. The Kier molecular flexibility index (Phi) is 13.6. The maximum Gasteiger partial charge on any atom is 0.243 e. The molecule has 1 aliphatic rings. The molecule has 3 aromatic rings. The molecular weight excluding hydrogens is 653 g/mol. The van der Waals surface area contributed by atoms with Gasteiger partial charge in [0.25, 0.3) is 0 Å². The zero-order valence-corrected chi connectivity index (χ0v) is 29.8. The summed E-state index contributed by atoms with van der Waals surface area (Å²) in [5.41, 5.74) is 8.29. The number of aliphatic hydroxyl groups is 1. The lowest BCUT2D eigenvalue weighted by molar-refractivity contribution is 0.172. The van der Waals surface area contributed by atoms with E-state index >= 15 is 0 Å². The molecular formula is C35H48N4O7S2. The summed E-state index contributed by atoms with van der Waals surface area (Å²) in [5.74, 6) is 3.01. The van der Waals surface area contributed by atoms with Gasteiger partial charge in [-0.1, -0.05) is 32.4 Å². The van der Waals surface area contributed by atoms with Crippen molar-refractivity contribution in [3.63, 3.8) is 0 Å². The number of benzene rings is 3. The lowest BCUT2D eigenvalue weighted by atomic mass is 10.1. The third kappa shape index (κ3) is 9.88. The quantitative estimate of drug-likeness (QED) is 0.0923. The molecule has 0 fully saturated rings. The van der Waals surface area contributed by atoms with E-state index < -0.39 is 16.1 Å². The van der Waals surface area contributed by atoms with Crippen LogP contribution in [0.4, 0.5) is 5.69 Å². The third-order valence-corrected chi connectivity index (χ3v) is 10.6. The highest BCUT2D eigenvalue weighted by atomic mass is 32.2. The average Bonchev–Trinajstić information content (AvgIpc) is 3.55. The molecule has 0 unspecified atom stereocenters. The number of nitrogen functional groups attached to an aromatic ring is 1. The van der Waals surface area contributed by atoms with E-state index in [0.717, 1.165) is 23.3 Å². The van der Waals surface area contributed by atoms with E-state index in [0.29, 0.717) is 79.4 Å². The highest BCUT2D eigenvalue weighted by Crippen LogP contribution is 2.33. The molecule has 1 heterocycles. The number of nitrogens with one attached hydrogen (secondary N) is 1. The molecule has 4 rings (SSSR count). The monoisotopic (exact) mass is 700 g/mol. The summed E-state index contributed by atoms with van der Waals surface area (Å²) in [6.45, 7) is 5.98. The number of aliphatic hydroxyl groups excluding tert-OH is 1. The van der Waals surface area contributed by atoms with Crippen molar-refractivity contribution in [1.29, 1.82) is 0 Å². The Balaban J connectivity index is 1.40. The number of nitrogens with two attached hydrogens (primary N) is 1. The molecule has 0 aromatic heterocycles. The van der Waals surface area contributed by atoms with Gasteiger partial charge in [-0.2, -0.15) is 4.31 Å². The van der Waals surface area contributed by atoms with Crippen molar-refractivity contribution in [3.8, 4) is 23.0 Å². The van der Waals surface area contributed by atoms with Crippen LogP contribution in [-0.2, 0) is 23.1 Å². The Labute approximate surface area is 290 Å². The number of ether oxygens (including phenoxy) is 4. The van der Waals surface area contributed by atoms with Crippen molar-refractivity contribution in [2.75, 3.05) is 46.4 Å². The van der Waals surface area contributed by atoms with Crippen molar-refractivity contribution in [2.24, 2.45) is 5.92 Å². The number of hydrogen-bond acceptors (Lipinski definition) is 9. The van der Waals surface area contributed by atoms with E-state index in [9.17, 15) is 13.5 Å². The van der Waals surface area contributed by atoms with Crippen LogP contribution in [0, 0.1) is 5.92 Å². The number of unbranched alkanes of at least 4 members (excludes halogenated alkanes) is 1. The van der Waals surface area contributed by atoms with Crippen LogP contribution < -0.4 is 30.0 Å². The van der Waals surface area contributed by atoms with Gasteiger partial charge in [0.05, 0.1) is 25.7 Å². The number of fused-ring (bicyclic) bond motifs is 1. The number of nitrogens with zero attached hydrogens (tertiary/aromatic N) is 2. The number of sulfonamides is 1. The zero-order valence-electron chi connectivity index (χ0n) is 28.2. The molecule has 0 amide bonds. The summed E-state index contributed by atoms with van der Waals surface area (Å²) in [6, 6.07) is 17.3. The molecule has 1 atom stereocenters. The van der Waals surface area contributed by atoms with E-state index in [4.69, 9.17) is 36.9 Å². The van der Waals surface area contributed by atoms with Gasteiger partial charge >= 0.3 is 0 Å². The molecule has 262 valence electrons. The fraction of sp³-hybridized carbons (Fsp3) is 0.457. The minimum atomic E-state index is -3.82. The van der Waals surface area contributed by atoms with Gasteiger partial charge in [-0.05, 0) is 97.1 Å². The standard InChI is InChI=1S/C35H48N4O7S2/c1-25(2)16-18-39(48(41,42)30-12-10-28(36)11-13-30)29(23-40)7-5-6-17-37-35(47)38(21-26-8-14-31(43-3)33(19-26)44-4)22-27-9-15-32-34(20-27)46-24-45-32/h8-15,19-20,25,29,40H,5-7,16-18,21-24,36H2,1-4H3,(H,37,47)/t29-/m0/s1. The number of hydrogen-bond donors (Lipinski definition) is 3.